The van der Waals surface area contributed by atoms with Crippen LogP contribution in [0.2, 0.25) is 0 Å². The van der Waals surface area contributed by atoms with Crippen LogP contribution in [-0.2, 0) is 4.79 Å². The van der Waals surface area contributed by atoms with Gasteiger partial charge in [0.15, 0.2) is 0 Å². The van der Waals surface area contributed by atoms with Gasteiger partial charge in [0.25, 0.3) is 5.91 Å². The highest BCUT2D eigenvalue weighted by Crippen LogP contribution is 2.02. The highest BCUT2D eigenvalue weighted by atomic mass is 19.1. The molecule has 0 unspecified atom stereocenters. The van der Waals surface area contributed by atoms with Crippen LogP contribution >= 0.6 is 0 Å². The van der Waals surface area contributed by atoms with E-state index in [0.29, 0.717) is 5.56 Å². The zero-order valence-electron chi connectivity index (χ0n) is 10.5. The van der Waals surface area contributed by atoms with Crippen LogP contribution in [0.1, 0.15) is 30.6 Å². The fraction of sp³-hybridized carbons (Fsp3) is 0.385. The van der Waals surface area contributed by atoms with E-state index >= 15 is 0 Å². The Labute approximate surface area is 106 Å². The molecule has 0 aliphatic carbocycles. The van der Waals surface area contributed by atoms with Gasteiger partial charge in [-0.2, -0.15) is 0 Å². The van der Waals surface area contributed by atoms with Crippen molar-refractivity contribution in [3.8, 4) is 0 Å². The summed E-state index contributed by atoms with van der Waals surface area (Å²) in [5.74, 6) is -1.03. The Bertz CT molecular complexity index is 418. The lowest BCUT2D eigenvalue weighted by atomic mass is 10.2. The molecule has 0 fully saturated rings. The van der Waals surface area contributed by atoms with Crippen molar-refractivity contribution in [1.82, 2.24) is 10.6 Å². The normalized spacial score (nSPS) is 11.7. The van der Waals surface area contributed by atoms with Gasteiger partial charge >= 0.3 is 0 Å². The van der Waals surface area contributed by atoms with Crippen molar-refractivity contribution < 1.29 is 14.0 Å². The first kappa shape index (κ1) is 14.2. The van der Waals surface area contributed by atoms with Gasteiger partial charge in [-0.15, -0.1) is 0 Å². The Hall–Kier alpha value is -1.91. The van der Waals surface area contributed by atoms with Gasteiger partial charge in [-0.3, -0.25) is 9.59 Å². The van der Waals surface area contributed by atoms with Crippen LogP contribution in [0, 0.1) is 5.82 Å². The van der Waals surface area contributed by atoms with E-state index < -0.39 is 11.7 Å². The summed E-state index contributed by atoms with van der Waals surface area (Å²) in [4.78, 5) is 23.0. The summed E-state index contributed by atoms with van der Waals surface area (Å²) in [7, 11) is 0. The maximum Gasteiger partial charge on any atom is 0.251 e. The predicted molar refractivity (Wildman–Crippen MR) is 66.6 cm³/mol. The molecule has 0 spiro atoms. The number of carbonyl (C=O) groups is 2. The molecule has 1 aromatic carbocycles. The van der Waals surface area contributed by atoms with Crippen molar-refractivity contribution in [3.05, 3.63) is 35.6 Å². The molecule has 4 nitrogen and oxygen atoms in total. The molecule has 1 atom stereocenters. The molecule has 0 heterocycles. The van der Waals surface area contributed by atoms with Gasteiger partial charge in [-0.25, -0.2) is 4.39 Å². The largest absolute Gasteiger partial charge is 0.352 e. The van der Waals surface area contributed by atoms with Crippen molar-refractivity contribution in [3.63, 3.8) is 0 Å². The van der Waals surface area contributed by atoms with Gasteiger partial charge in [-0.05, 0) is 37.6 Å². The summed E-state index contributed by atoms with van der Waals surface area (Å²) in [5, 5.41) is 5.21. The fourth-order valence-corrected chi connectivity index (χ4v) is 1.29. The molecule has 0 radical (unpaired) electrons. The van der Waals surface area contributed by atoms with Crippen LogP contribution in [0.25, 0.3) is 0 Å². The maximum absolute atomic E-state index is 12.7. The molecule has 0 aliphatic rings. The van der Waals surface area contributed by atoms with Crippen molar-refractivity contribution in [2.45, 2.75) is 26.3 Å². The molecule has 0 saturated heterocycles. The molecule has 0 aromatic heterocycles. The molecule has 18 heavy (non-hydrogen) atoms. The number of amides is 2. The van der Waals surface area contributed by atoms with Crippen LogP contribution in [0.4, 0.5) is 4.39 Å². The van der Waals surface area contributed by atoms with E-state index in [2.05, 4.69) is 10.6 Å². The standard InChI is InChI=1S/C13H17FN2O2/c1-3-9(2)16-12(17)8-15-13(18)10-4-6-11(14)7-5-10/h4-7,9H,3,8H2,1-2H3,(H,15,18)(H,16,17)/t9-/m1/s1. The highest BCUT2D eigenvalue weighted by Gasteiger charge is 2.09. The van der Waals surface area contributed by atoms with Crippen LogP contribution in [-0.4, -0.2) is 24.4 Å². The van der Waals surface area contributed by atoms with Crippen LogP contribution in [0.5, 0.6) is 0 Å². The van der Waals surface area contributed by atoms with Crippen LogP contribution < -0.4 is 10.6 Å². The molecule has 98 valence electrons. The maximum atomic E-state index is 12.7. The quantitative estimate of drug-likeness (QED) is 0.833. The molecule has 5 heteroatoms. The van der Waals surface area contributed by atoms with Crippen LogP contribution in [0.15, 0.2) is 24.3 Å². The summed E-state index contributed by atoms with van der Waals surface area (Å²) in [5.41, 5.74) is 0.327. The number of nitrogens with one attached hydrogen (secondary N) is 2. The summed E-state index contributed by atoms with van der Waals surface area (Å²) in [6, 6.07) is 5.23. The van der Waals surface area contributed by atoms with Crippen molar-refractivity contribution >= 4 is 11.8 Å². The molecular weight excluding hydrogens is 235 g/mol. The smallest absolute Gasteiger partial charge is 0.251 e. The number of hydrogen-bond donors (Lipinski definition) is 2. The Morgan fingerprint density at radius 1 is 1.28 bits per heavy atom. The zero-order valence-corrected chi connectivity index (χ0v) is 10.5. The molecule has 0 aliphatic heterocycles. The van der Waals surface area contributed by atoms with E-state index in [1.807, 2.05) is 13.8 Å². The lowest BCUT2D eigenvalue weighted by Crippen LogP contribution is -2.40. The average Bonchev–Trinajstić information content (AvgIpc) is 2.36. The van der Waals surface area contributed by atoms with Gasteiger partial charge in [0.1, 0.15) is 5.82 Å². The third-order valence-electron chi connectivity index (χ3n) is 2.54. The van der Waals surface area contributed by atoms with E-state index in [4.69, 9.17) is 0 Å². The number of rotatable bonds is 5. The summed E-state index contributed by atoms with van der Waals surface area (Å²) >= 11 is 0. The van der Waals surface area contributed by atoms with Crippen molar-refractivity contribution in [1.29, 1.82) is 0 Å². The van der Waals surface area contributed by atoms with E-state index in [1.165, 1.54) is 24.3 Å². The second-order valence-electron chi connectivity index (χ2n) is 4.07. The van der Waals surface area contributed by atoms with Crippen molar-refractivity contribution in [2.75, 3.05) is 6.54 Å². The average molecular weight is 252 g/mol. The molecule has 0 bridgehead atoms. The van der Waals surface area contributed by atoms with Gasteiger partial charge < -0.3 is 10.6 Å². The number of halogens is 1. The third kappa shape index (κ3) is 4.53. The number of benzene rings is 1. The molecule has 1 aromatic rings. The predicted octanol–water partition coefficient (Wildman–Crippen LogP) is 1.47. The summed E-state index contributed by atoms with van der Waals surface area (Å²) in [6.07, 6.45) is 0.831. The lowest BCUT2D eigenvalue weighted by molar-refractivity contribution is -0.120. The van der Waals surface area contributed by atoms with E-state index in [1.54, 1.807) is 0 Å². The van der Waals surface area contributed by atoms with Gasteiger partial charge in [-0.1, -0.05) is 6.92 Å². The second-order valence-corrected chi connectivity index (χ2v) is 4.07. The Balaban J connectivity index is 2.41. The third-order valence-corrected chi connectivity index (χ3v) is 2.54. The number of carbonyl (C=O) groups excluding carboxylic acids is 2. The van der Waals surface area contributed by atoms with Gasteiger partial charge in [0, 0.05) is 11.6 Å². The van der Waals surface area contributed by atoms with Crippen molar-refractivity contribution in [2.24, 2.45) is 0 Å². The summed E-state index contributed by atoms with van der Waals surface area (Å²) in [6.45, 7) is 3.77. The topological polar surface area (TPSA) is 58.2 Å². The molecular formula is C13H17FN2O2. The SMILES string of the molecule is CC[C@@H](C)NC(=O)CNC(=O)c1ccc(F)cc1. The Morgan fingerprint density at radius 2 is 1.89 bits per heavy atom. The van der Waals surface area contributed by atoms with E-state index in [9.17, 15) is 14.0 Å². The van der Waals surface area contributed by atoms with Gasteiger partial charge in [0.2, 0.25) is 5.91 Å². The number of hydrogen-bond acceptors (Lipinski definition) is 2. The Morgan fingerprint density at radius 3 is 2.44 bits per heavy atom. The minimum absolute atomic E-state index is 0.0828. The zero-order chi connectivity index (χ0) is 13.5. The minimum Gasteiger partial charge on any atom is -0.352 e. The van der Waals surface area contributed by atoms with Gasteiger partial charge in [0.05, 0.1) is 6.54 Å². The second kappa shape index (κ2) is 6.74. The molecule has 1 rings (SSSR count). The first-order valence-corrected chi connectivity index (χ1v) is 5.86. The fourth-order valence-electron chi connectivity index (χ4n) is 1.29. The molecule has 2 N–H and O–H groups in total. The highest BCUT2D eigenvalue weighted by molar-refractivity contribution is 5.96. The van der Waals surface area contributed by atoms with Crippen LogP contribution in [0.3, 0.4) is 0 Å². The first-order chi connectivity index (χ1) is 8.52. The van der Waals surface area contributed by atoms with E-state index in [0.717, 1.165) is 6.42 Å². The Kier molecular flexibility index (Phi) is 5.30. The lowest BCUT2D eigenvalue weighted by Gasteiger charge is -2.11. The van der Waals surface area contributed by atoms with E-state index in [-0.39, 0.29) is 18.5 Å². The monoisotopic (exact) mass is 252 g/mol. The molecule has 0 saturated carbocycles. The molecule has 2 amide bonds. The summed E-state index contributed by atoms with van der Waals surface area (Å²) < 4.78 is 12.7. The first-order valence-electron chi connectivity index (χ1n) is 5.86. The minimum atomic E-state index is -0.402.